The molecule has 5 fully saturated rings. The number of thioether (sulfide) groups is 1. The first-order valence-corrected chi connectivity index (χ1v) is 15.0. The molecule has 5 heteroatoms. The molecule has 1 aromatic rings. The van der Waals surface area contributed by atoms with Gasteiger partial charge in [0.2, 0.25) is 5.91 Å². The Morgan fingerprint density at radius 2 is 1.56 bits per heavy atom. The second-order valence-electron chi connectivity index (χ2n) is 12.0. The van der Waals surface area contributed by atoms with Crippen molar-refractivity contribution >= 4 is 23.6 Å². The lowest BCUT2D eigenvalue weighted by Crippen LogP contribution is -2.50. The van der Waals surface area contributed by atoms with Crippen molar-refractivity contribution in [1.29, 1.82) is 0 Å². The Balaban J connectivity index is 1.22. The van der Waals surface area contributed by atoms with E-state index in [1.165, 1.54) is 56.9 Å². The molecule has 0 heterocycles. The van der Waals surface area contributed by atoms with Crippen LogP contribution in [0.3, 0.4) is 0 Å². The van der Waals surface area contributed by atoms with Crippen LogP contribution in [0.15, 0.2) is 24.3 Å². The van der Waals surface area contributed by atoms with Crippen LogP contribution in [-0.4, -0.2) is 35.9 Å². The van der Waals surface area contributed by atoms with E-state index in [1.807, 2.05) is 18.4 Å². The average Bonchev–Trinajstić information content (AvgIpc) is 2.82. The summed E-state index contributed by atoms with van der Waals surface area (Å²) in [7, 11) is 0. The van der Waals surface area contributed by atoms with Crippen LogP contribution in [0.5, 0.6) is 0 Å². The molecular weight excluding hydrogens is 440 g/mol. The number of carbonyl (C=O) groups is 2. The van der Waals surface area contributed by atoms with Crippen LogP contribution < -0.4 is 10.6 Å². The monoisotopic (exact) mass is 482 g/mol. The van der Waals surface area contributed by atoms with Crippen molar-refractivity contribution in [3.63, 3.8) is 0 Å². The first-order valence-electron chi connectivity index (χ1n) is 13.6. The van der Waals surface area contributed by atoms with Gasteiger partial charge in [-0.25, -0.2) is 0 Å². The molecule has 2 amide bonds. The molecular formula is C29H42N2O2S. The maximum atomic E-state index is 13.1. The second-order valence-corrected chi connectivity index (χ2v) is 13.0. The quantitative estimate of drug-likeness (QED) is 0.500. The zero-order chi connectivity index (χ0) is 23.7. The summed E-state index contributed by atoms with van der Waals surface area (Å²) >= 11 is 1.71. The Kier molecular flexibility index (Phi) is 7.30. The zero-order valence-corrected chi connectivity index (χ0v) is 21.8. The van der Waals surface area contributed by atoms with Gasteiger partial charge < -0.3 is 10.6 Å². The molecule has 0 saturated heterocycles. The molecule has 5 aliphatic carbocycles. The molecule has 0 unspecified atom stereocenters. The minimum atomic E-state index is -0.470. The zero-order valence-electron chi connectivity index (χ0n) is 21.0. The number of carbonyl (C=O) groups excluding carboxylic acids is 2. The third kappa shape index (κ3) is 5.20. The van der Waals surface area contributed by atoms with Crippen LogP contribution in [0.1, 0.15) is 93.5 Å². The van der Waals surface area contributed by atoms with Gasteiger partial charge >= 0.3 is 0 Å². The van der Waals surface area contributed by atoms with Gasteiger partial charge in [-0.1, -0.05) is 19.1 Å². The molecule has 0 aliphatic heterocycles. The standard InChI is InChI=1S/C29H42N2O2S/c1-19-3-9-25(10-4-19)30-28(33)26(11-12-34-2)31-27(32)23-5-7-24(8-6-23)29-16-20-13-21(17-29)15-22(14-20)18-29/h5-8,19-22,25-26H,3-4,9-18H2,1-2H3,(H,30,33)(H,31,32)/t19?,20?,21?,22?,25?,26-,29?/m1/s1. The SMILES string of the molecule is CSCC[C@@H](NC(=O)c1ccc(C23CC4CC(CC(C4)C2)C3)cc1)C(=O)NC1CCC(C)CC1. The van der Waals surface area contributed by atoms with Gasteiger partial charge in [0.1, 0.15) is 6.04 Å². The van der Waals surface area contributed by atoms with Crippen molar-refractivity contribution in [3.05, 3.63) is 35.4 Å². The number of hydrogen-bond acceptors (Lipinski definition) is 3. The van der Waals surface area contributed by atoms with Crippen molar-refractivity contribution in [3.8, 4) is 0 Å². The minimum Gasteiger partial charge on any atom is -0.352 e. The molecule has 5 aliphatic rings. The van der Waals surface area contributed by atoms with Gasteiger partial charge in [-0.15, -0.1) is 0 Å². The fourth-order valence-corrected chi connectivity index (χ4v) is 8.36. The molecule has 1 atom stereocenters. The summed E-state index contributed by atoms with van der Waals surface area (Å²) in [5.74, 6) is 4.20. The van der Waals surface area contributed by atoms with E-state index in [4.69, 9.17) is 0 Å². The van der Waals surface area contributed by atoms with Crippen LogP contribution in [0.25, 0.3) is 0 Å². The lowest BCUT2D eigenvalue weighted by atomic mass is 9.48. The predicted molar refractivity (Wildman–Crippen MR) is 140 cm³/mol. The van der Waals surface area contributed by atoms with Crippen molar-refractivity contribution < 1.29 is 9.59 Å². The van der Waals surface area contributed by atoms with Crippen molar-refractivity contribution in [2.75, 3.05) is 12.0 Å². The van der Waals surface area contributed by atoms with E-state index in [9.17, 15) is 9.59 Å². The van der Waals surface area contributed by atoms with E-state index in [2.05, 4.69) is 29.7 Å². The second kappa shape index (κ2) is 10.2. The number of amides is 2. The molecule has 4 bridgehead atoms. The summed E-state index contributed by atoms with van der Waals surface area (Å²) < 4.78 is 0. The lowest BCUT2D eigenvalue weighted by molar-refractivity contribution is -0.124. The lowest BCUT2D eigenvalue weighted by Gasteiger charge is -2.57. The molecule has 0 aromatic heterocycles. The van der Waals surface area contributed by atoms with Crippen LogP contribution in [0, 0.1) is 23.7 Å². The highest BCUT2D eigenvalue weighted by Crippen LogP contribution is 2.60. The fraction of sp³-hybridized carbons (Fsp3) is 0.724. The summed E-state index contributed by atoms with van der Waals surface area (Å²) in [5.41, 5.74) is 2.45. The molecule has 0 radical (unpaired) electrons. The van der Waals surface area contributed by atoms with Crippen molar-refractivity contribution in [2.24, 2.45) is 23.7 Å². The van der Waals surface area contributed by atoms with Crippen LogP contribution in [-0.2, 0) is 10.2 Å². The van der Waals surface area contributed by atoms with Gasteiger partial charge in [0.15, 0.2) is 0 Å². The van der Waals surface area contributed by atoms with Gasteiger partial charge in [-0.05, 0) is 129 Å². The Morgan fingerprint density at radius 3 is 2.12 bits per heavy atom. The van der Waals surface area contributed by atoms with E-state index in [0.717, 1.165) is 42.3 Å². The summed E-state index contributed by atoms with van der Waals surface area (Å²) in [6.45, 7) is 2.29. The average molecular weight is 483 g/mol. The van der Waals surface area contributed by atoms with Crippen LogP contribution in [0.2, 0.25) is 0 Å². The van der Waals surface area contributed by atoms with E-state index in [1.54, 1.807) is 11.8 Å². The maximum absolute atomic E-state index is 13.1. The fourth-order valence-electron chi connectivity index (χ4n) is 7.89. The summed E-state index contributed by atoms with van der Waals surface area (Å²) in [6, 6.07) is 8.19. The number of benzene rings is 1. The Bertz CT molecular complexity index is 839. The molecule has 6 rings (SSSR count). The van der Waals surface area contributed by atoms with Gasteiger partial charge in [0.05, 0.1) is 0 Å². The normalized spacial score (nSPS) is 35.1. The van der Waals surface area contributed by atoms with E-state index in [0.29, 0.717) is 17.4 Å². The highest BCUT2D eigenvalue weighted by Gasteiger charge is 2.51. The molecule has 4 nitrogen and oxygen atoms in total. The molecule has 186 valence electrons. The number of nitrogens with one attached hydrogen (secondary N) is 2. The summed E-state index contributed by atoms with van der Waals surface area (Å²) in [5, 5.41) is 6.28. The van der Waals surface area contributed by atoms with Gasteiger partial charge in [0, 0.05) is 11.6 Å². The Hall–Kier alpha value is -1.49. The largest absolute Gasteiger partial charge is 0.352 e. The molecule has 0 spiro atoms. The Labute approximate surface area is 209 Å². The van der Waals surface area contributed by atoms with E-state index in [-0.39, 0.29) is 17.9 Å². The van der Waals surface area contributed by atoms with E-state index < -0.39 is 6.04 Å². The number of rotatable bonds is 8. The third-order valence-electron chi connectivity index (χ3n) is 9.39. The smallest absolute Gasteiger partial charge is 0.251 e. The summed E-state index contributed by atoms with van der Waals surface area (Å²) in [4.78, 5) is 26.2. The maximum Gasteiger partial charge on any atom is 0.251 e. The predicted octanol–water partition coefficient (Wildman–Crippen LogP) is 5.70. The van der Waals surface area contributed by atoms with Gasteiger partial charge in [-0.2, -0.15) is 11.8 Å². The number of hydrogen-bond donors (Lipinski definition) is 2. The third-order valence-corrected chi connectivity index (χ3v) is 10.0. The molecule has 2 N–H and O–H groups in total. The highest BCUT2D eigenvalue weighted by molar-refractivity contribution is 7.98. The minimum absolute atomic E-state index is 0.0212. The highest BCUT2D eigenvalue weighted by atomic mass is 32.2. The molecule has 1 aromatic carbocycles. The van der Waals surface area contributed by atoms with Crippen LogP contribution in [0.4, 0.5) is 0 Å². The topological polar surface area (TPSA) is 58.2 Å². The summed E-state index contributed by atoms with van der Waals surface area (Å²) in [6.07, 6.45) is 15.5. The van der Waals surface area contributed by atoms with Gasteiger partial charge in [-0.3, -0.25) is 9.59 Å². The first-order chi connectivity index (χ1) is 16.4. The van der Waals surface area contributed by atoms with E-state index >= 15 is 0 Å². The Morgan fingerprint density at radius 1 is 0.971 bits per heavy atom. The van der Waals surface area contributed by atoms with Crippen molar-refractivity contribution in [1.82, 2.24) is 10.6 Å². The van der Waals surface area contributed by atoms with Crippen LogP contribution >= 0.6 is 11.8 Å². The van der Waals surface area contributed by atoms with Crippen molar-refractivity contribution in [2.45, 2.75) is 95.1 Å². The molecule has 34 heavy (non-hydrogen) atoms. The van der Waals surface area contributed by atoms with Gasteiger partial charge in [0.25, 0.3) is 5.91 Å². The molecule has 5 saturated carbocycles. The first kappa shape index (κ1) is 24.2.